The molecule has 0 aliphatic carbocycles. The van der Waals surface area contributed by atoms with E-state index < -0.39 is 11.8 Å². The Hall–Kier alpha value is -3.72. The number of nitrogens with zero attached hydrogens (tertiary/aromatic N) is 1. The molecule has 1 fully saturated rings. The number of hydrogen-bond acceptors (Lipinski definition) is 6. The van der Waals surface area contributed by atoms with Crippen LogP contribution in [0.2, 0.25) is 0 Å². The van der Waals surface area contributed by atoms with Crippen LogP contribution >= 0.6 is 0 Å². The zero-order valence-corrected chi connectivity index (χ0v) is 17.8. The van der Waals surface area contributed by atoms with E-state index in [9.17, 15) is 14.4 Å². The lowest BCUT2D eigenvalue weighted by atomic mass is 10.2. The molecule has 0 radical (unpaired) electrons. The number of anilines is 1. The molecule has 0 bridgehead atoms. The largest absolute Gasteiger partial charge is 0.484 e. The van der Waals surface area contributed by atoms with Crippen molar-refractivity contribution in [1.29, 1.82) is 0 Å². The van der Waals surface area contributed by atoms with Gasteiger partial charge < -0.3 is 20.1 Å². The van der Waals surface area contributed by atoms with Gasteiger partial charge in [0.25, 0.3) is 5.91 Å². The highest BCUT2D eigenvalue weighted by molar-refractivity contribution is 6.35. The number of hydrazone groups is 1. The lowest BCUT2D eigenvalue weighted by Crippen LogP contribution is -2.41. The predicted molar refractivity (Wildman–Crippen MR) is 119 cm³/mol. The summed E-state index contributed by atoms with van der Waals surface area (Å²) in [4.78, 5) is 35.6. The second-order valence-electron chi connectivity index (χ2n) is 7.26. The van der Waals surface area contributed by atoms with E-state index in [1.807, 2.05) is 31.2 Å². The average molecular weight is 438 g/mol. The highest BCUT2D eigenvalue weighted by Gasteiger charge is 2.18. The van der Waals surface area contributed by atoms with Gasteiger partial charge in [0.1, 0.15) is 5.75 Å². The van der Waals surface area contributed by atoms with Crippen molar-refractivity contribution >= 4 is 29.6 Å². The van der Waals surface area contributed by atoms with Crippen LogP contribution in [-0.4, -0.2) is 49.8 Å². The summed E-state index contributed by atoms with van der Waals surface area (Å²) < 4.78 is 10.9. The molecule has 9 heteroatoms. The third-order valence-corrected chi connectivity index (χ3v) is 4.77. The summed E-state index contributed by atoms with van der Waals surface area (Å²) in [5.41, 5.74) is 4.58. The molecule has 0 unspecified atom stereocenters. The number of carbonyl (C=O) groups excluding carboxylic acids is 3. The monoisotopic (exact) mass is 438 g/mol. The van der Waals surface area contributed by atoms with Crippen LogP contribution < -0.4 is 20.8 Å². The summed E-state index contributed by atoms with van der Waals surface area (Å²) in [6.07, 6.45) is 3.20. The first-order valence-corrected chi connectivity index (χ1v) is 10.3. The Bertz CT molecular complexity index is 969. The van der Waals surface area contributed by atoms with Gasteiger partial charge in [0.05, 0.1) is 12.3 Å². The summed E-state index contributed by atoms with van der Waals surface area (Å²) in [5, 5.41) is 9.10. The van der Waals surface area contributed by atoms with Gasteiger partial charge in [-0.2, -0.15) is 5.10 Å². The SMILES string of the molecule is Cc1ccccc1NC(=O)COc1ccc(/C=N\NC(=O)C(=O)NC[C@H]2CCCO2)cc1. The Kier molecular flexibility index (Phi) is 8.33. The van der Waals surface area contributed by atoms with Gasteiger partial charge in [0.15, 0.2) is 6.61 Å². The van der Waals surface area contributed by atoms with Gasteiger partial charge in [-0.15, -0.1) is 0 Å². The molecule has 32 heavy (non-hydrogen) atoms. The number of aryl methyl sites for hydroxylation is 1. The Balaban J connectivity index is 1.38. The summed E-state index contributed by atoms with van der Waals surface area (Å²) in [6.45, 7) is 2.78. The third kappa shape index (κ3) is 7.21. The molecule has 168 valence electrons. The molecule has 1 saturated heterocycles. The summed E-state index contributed by atoms with van der Waals surface area (Å²) in [7, 11) is 0. The fourth-order valence-electron chi connectivity index (χ4n) is 3.01. The lowest BCUT2D eigenvalue weighted by Gasteiger charge is -2.09. The maximum atomic E-state index is 12.0. The van der Waals surface area contributed by atoms with Crippen LogP contribution in [-0.2, 0) is 19.1 Å². The van der Waals surface area contributed by atoms with Crippen molar-refractivity contribution < 1.29 is 23.9 Å². The van der Waals surface area contributed by atoms with Crippen LogP contribution in [0, 0.1) is 6.92 Å². The van der Waals surface area contributed by atoms with Gasteiger partial charge in [-0.05, 0) is 61.2 Å². The average Bonchev–Trinajstić information content (AvgIpc) is 3.32. The van der Waals surface area contributed by atoms with E-state index in [4.69, 9.17) is 9.47 Å². The standard InChI is InChI=1S/C23H26N4O5/c1-16-5-2-3-7-20(16)26-21(28)15-32-18-10-8-17(9-11-18)13-25-27-23(30)22(29)24-14-19-6-4-12-31-19/h2-3,5,7-11,13,19H,4,6,12,14-15H2,1H3,(H,24,29)(H,26,28)(H,27,30)/b25-13-/t19-/m1/s1. The fraction of sp³-hybridized carbons (Fsp3) is 0.304. The van der Waals surface area contributed by atoms with E-state index in [1.165, 1.54) is 6.21 Å². The van der Waals surface area contributed by atoms with Gasteiger partial charge >= 0.3 is 11.8 Å². The molecule has 3 N–H and O–H groups in total. The molecular formula is C23H26N4O5. The van der Waals surface area contributed by atoms with Gasteiger partial charge in [0, 0.05) is 18.8 Å². The molecule has 0 aromatic heterocycles. The summed E-state index contributed by atoms with van der Waals surface area (Å²) in [5.74, 6) is -1.35. The maximum absolute atomic E-state index is 12.0. The zero-order valence-electron chi connectivity index (χ0n) is 17.8. The minimum Gasteiger partial charge on any atom is -0.484 e. The normalized spacial score (nSPS) is 15.3. The number of benzene rings is 2. The zero-order chi connectivity index (χ0) is 22.8. The van der Waals surface area contributed by atoms with Gasteiger partial charge in [-0.3, -0.25) is 14.4 Å². The molecule has 1 atom stereocenters. The fourth-order valence-corrected chi connectivity index (χ4v) is 3.01. The molecule has 3 amide bonds. The van der Waals surface area contributed by atoms with E-state index in [0.29, 0.717) is 24.5 Å². The van der Waals surface area contributed by atoms with Crippen molar-refractivity contribution in [3.63, 3.8) is 0 Å². The summed E-state index contributed by atoms with van der Waals surface area (Å²) in [6, 6.07) is 14.3. The van der Waals surface area contributed by atoms with E-state index in [1.54, 1.807) is 24.3 Å². The molecule has 2 aromatic carbocycles. The van der Waals surface area contributed by atoms with Crippen LogP contribution in [0.25, 0.3) is 0 Å². The number of rotatable bonds is 8. The van der Waals surface area contributed by atoms with Gasteiger partial charge in [-0.25, -0.2) is 5.43 Å². The third-order valence-electron chi connectivity index (χ3n) is 4.77. The Morgan fingerprint density at radius 3 is 2.62 bits per heavy atom. The number of para-hydroxylation sites is 1. The maximum Gasteiger partial charge on any atom is 0.329 e. The second kappa shape index (κ2) is 11.6. The number of amides is 3. The predicted octanol–water partition coefficient (Wildman–Crippen LogP) is 1.76. The first-order valence-electron chi connectivity index (χ1n) is 10.3. The van der Waals surface area contributed by atoms with E-state index >= 15 is 0 Å². The van der Waals surface area contributed by atoms with E-state index in [-0.39, 0.29) is 18.6 Å². The highest BCUT2D eigenvalue weighted by Crippen LogP contribution is 2.14. The first kappa shape index (κ1) is 23.0. The molecule has 1 aliphatic rings. The molecule has 1 heterocycles. The van der Waals surface area contributed by atoms with Crippen LogP contribution in [0.4, 0.5) is 5.69 Å². The molecule has 2 aromatic rings. The minimum absolute atomic E-state index is 0.0375. The van der Waals surface area contributed by atoms with Crippen molar-refractivity contribution in [2.24, 2.45) is 5.10 Å². The van der Waals surface area contributed by atoms with Crippen LogP contribution in [0.3, 0.4) is 0 Å². The van der Waals surface area contributed by atoms with Crippen LogP contribution in [0.15, 0.2) is 53.6 Å². The number of ether oxygens (including phenoxy) is 2. The summed E-state index contributed by atoms with van der Waals surface area (Å²) >= 11 is 0. The van der Waals surface area contributed by atoms with Gasteiger partial charge in [0.2, 0.25) is 0 Å². The smallest absolute Gasteiger partial charge is 0.329 e. The quantitative estimate of drug-likeness (QED) is 0.330. The first-order chi connectivity index (χ1) is 15.5. The van der Waals surface area contributed by atoms with Gasteiger partial charge in [-0.1, -0.05) is 18.2 Å². The highest BCUT2D eigenvalue weighted by atomic mass is 16.5. The Labute approximate surface area is 186 Å². The number of hydrogen-bond donors (Lipinski definition) is 3. The van der Waals surface area contributed by atoms with Crippen molar-refractivity contribution in [3.05, 3.63) is 59.7 Å². The van der Waals surface area contributed by atoms with E-state index in [0.717, 1.165) is 24.1 Å². The van der Waals surface area contributed by atoms with Crippen molar-refractivity contribution in [2.45, 2.75) is 25.9 Å². The molecule has 9 nitrogen and oxygen atoms in total. The topological polar surface area (TPSA) is 118 Å². The van der Waals surface area contributed by atoms with Crippen molar-refractivity contribution in [1.82, 2.24) is 10.7 Å². The lowest BCUT2D eigenvalue weighted by molar-refractivity contribution is -0.139. The Morgan fingerprint density at radius 2 is 1.91 bits per heavy atom. The Morgan fingerprint density at radius 1 is 1.12 bits per heavy atom. The molecule has 0 saturated carbocycles. The molecular weight excluding hydrogens is 412 g/mol. The molecule has 0 spiro atoms. The van der Waals surface area contributed by atoms with Crippen molar-refractivity contribution in [3.8, 4) is 5.75 Å². The number of carbonyl (C=O) groups is 3. The van der Waals surface area contributed by atoms with E-state index in [2.05, 4.69) is 21.2 Å². The molecule has 3 rings (SSSR count). The van der Waals surface area contributed by atoms with Crippen LogP contribution in [0.5, 0.6) is 5.75 Å². The molecule has 1 aliphatic heterocycles. The van der Waals surface area contributed by atoms with Crippen LogP contribution in [0.1, 0.15) is 24.0 Å². The number of nitrogens with one attached hydrogen (secondary N) is 3. The minimum atomic E-state index is -0.848. The van der Waals surface area contributed by atoms with Crippen molar-refractivity contribution in [2.75, 3.05) is 25.1 Å². The second-order valence-corrected chi connectivity index (χ2v) is 7.26.